The van der Waals surface area contributed by atoms with Crippen molar-refractivity contribution >= 4 is 23.9 Å². The summed E-state index contributed by atoms with van der Waals surface area (Å²) >= 11 is 0. The summed E-state index contributed by atoms with van der Waals surface area (Å²) < 4.78 is 6.78. The Labute approximate surface area is 171 Å². The van der Waals surface area contributed by atoms with Crippen LogP contribution in [0.3, 0.4) is 0 Å². The molecule has 3 aliphatic heterocycles. The van der Waals surface area contributed by atoms with Crippen LogP contribution in [0.25, 0.3) is 0 Å². The lowest BCUT2D eigenvalue weighted by Gasteiger charge is -2.40. The molecule has 0 bridgehead atoms. The summed E-state index contributed by atoms with van der Waals surface area (Å²) in [5.41, 5.74) is 10.4. The normalized spacial score (nSPS) is 30.7. The highest BCUT2D eigenvalue weighted by atomic mass is 16.6. The number of aliphatic hydroxyl groups is 2. The van der Waals surface area contributed by atoms with E-state index in [0.29, 0.717) is 0 Å². The Morgan fingerprint density at radius 3 is 2.57 bits per heavy atom. The first-order chi connectivity index (χ1) is 13.7. The number of carbonyl (C=O) groups excluding carboxylic acids is 1. The molecule has 1 aromatic rings. The van der Waals surface area contributed by atoms with Crippen molar-refractivity contribution in [1.29, 1.82) is 0 Å². The lowest BCUT2D eigenvalue weighted by Crippen LogP contribution is -2.91. The Kier molecular flexibility index (Phi) is 5.08. The van der Waals surface area contributed by atoms with Crippen molar-refractivity contribution in [3.63, 3.8) is 0 Å². The number of hydrogen-bond donors (Lipinski definition) is 8. The van der Waals surface area contributed by atoms with Gasteiger partial charge in [-0.25, -0.2) is 14.7 Å². The predicted molar refractivity (Wildman–Crippen MR) is 103 cm³/mol. The zero-order valence-corrected chi connectivity index (χ0v) is 15.2. The van der Waals surface area contributed by atoms with E-state index in [2.05, 4.69) is 15.6 Å². The third-order valence-corrected chi connectivity index (χ3v) is 5.55. The minimum atomic E-state index is -2.65. The number of carboxylic acids is 1. The molecule has 12 nitrogen and oxygen atoms in total. The Hall–Kier alpha value is -3.38. The molecule has 162 valence electrons. The maximum absolute atomic E-state index is 12.5. The molecular formula is C18H26N6O6+2. The number of guanidine groups is 2. The van der Waals surface area contributed by atoms with Gasteiger partial charge in [0.2, 0.25) is 0 Å². The minimum absolute atomic E-state index is 0. The van der Waals surface area contributed by atoms with E-state index >= 15 is 0 Å². The number of hydrogen-bond acceptors (Lipinski definition) is 9. The fourth-order valence-electron chi connectivity index (χ4n) is 4.31. The SMILES string of the molecule is C.NC1=[NH+][C@H]2[C@H](CC(=O)O)NC(N)=[N+]3C[C@H](OC(=O)c4ccccc4)C(O)(O)C23N1. The number of nitrogens with zero attached hydrogens (tertiary/aromatic N) is 1. The maximum atomic E-state index is 12.5. The number of rotatable bonds is 4. The Balaban J connectivity index is 0.00000256. The van der Waals surface area contributed by atoms with Crippen LogP contribution in [-0.4, -0.2) is 79.9 Å². The number of aliphatic carboxylic acids is 1. The third-order valence-electron chi connectivity index (χ3n) is 5.55. The van der Waals surface area contributed by atoms with Gasteiger partial charge in [-0.2, -0.15) is 0 Å². The molecule has 1 spiro atoms. The summed E-state index contributed by atoms with van der Waals surface area (Å²) in [6.45, 7) is -0.164. The van der Waals surface area contributed by atoms with Crippen LogP contribution in [0.1, 0.15) is 24.2 Å². The van der Waals surface area contributed by atoms with Crippen LogP contribution in [-0.2, 0) is 9.53 Å². The topological polar surface area (TPSA) is 197 Å². The molecule has 4 rings (SSSR count). The molecule has 1 saturated heterocycles. The lowest BCUT2D eigenvalue weighted by atomic mass is 9.85. The zero-order chi connectivity index (χ0) is 21.0. The number of nitrogens with one attached hydrogen (secondary N) is 3. The van der Waals surface area contributed by atoms with Gasteiger partial charge in [0.05, 0.1) is 12.0 Å². The average Bonchev–Trinajstić information content (AvgIpc) is 3.12. The highest BCUT2D eigenvalue weighted by Gasteiger charge is 2.79. The highest BCUT2D eigenvalue weighted by molar-refractivity contribution is 5.89. The molecule has 1 unspecified atom stereocenters. The minimum Gasteiger partial charge on any atom is -0.481 e. The monoisotopic (exact) mass is 422 g/mol. The number of esters is 1. The fraction of sp³-hybridized carbons (Fsp3) is 0.444. The van der Waals surface area contributed by atoms with Crippen LogP contribution in [0.15, 0.2) is 30.3 Å². The van der Waals surface area contributed by atoms with E-state index < -0.39 is 41.6 Å². The lowest BCUT2D eigenvalue weighted by molar-refractivity contribution is -0.674. The summed E-state index contributed by atoms with van der Waals surface area (Å²) in [6, 6.07) is 6.38. The van der Waals surface area contributed by atoms with Crippen LogP contribution in [0.4, 0.5) is 0 Å². The van der Waals surface area contributed by atoms with E-state index in [1.165, 1.54) is 16.7 Å². The second-order valence-corrected chi connectivity index (χ2v) is 7.26. The molecule has 12 heteroatoms. The summed E-state index contributed by atoms with van der Waals surface area (Å²) in [7, 11) is 0. The Morgan fingerprint density at radius 1 is 1.27 bits per heavy atom. The first kappa shape index (κ1) is 21.3. The number of carboxylic acid groups (broad SMARTS) is 1. The van der Waals surface area contributed by atoms with Gasteiger partial charge in [0.1, 0.15) is 12.6 Å². The molecule has 4 atom stereocenters. The van der Waals surface area contributed by atoms with Crippen LogP contribution >= 0.6 is 0 Å². The summed E-state index contributed by atoms with van der Waals surface area (Å²) in [5.74, 6) is -4.50. The average molecular weight is 422 g/mol. The largest absolute Gasteiger partial charge is 0.481 e. The molecule has 0 aromatic heterocycles. The van der Waals surface area contributed by atoms with Crippen molar-refractivity contribution in [1.82, 2.24) is 10.6 Å². The van der Waals surface area contributed by atoms with Crippen molar-refractivity contribution in [3.05, 3.63) is 35.9 Å². The molecule has 0 radical (unpaired) electrons. The molecule has 3 aliphatic rings. The quantitative estimate of drug-likeness (QED) is 0.133. The van der Waals surface area contributed by atoms with Crippen molar-refractivity contribution in [3.8, 4) is 0 Å². The summed E-state index contributed by atoms with van der Waals surface area (Å²) in [4.78, 5) is 26.6. The third kappa shape index (κ3) is 2.92. The van der Waals surface area contributed by atoms with Gasteiger partial charge in [-0.1, -0.05) is 25.6 Å². The molecule has 3 heterocycles. The fourth-order valence-corrected chi connectivity index (χ4v) is 4.31. The summed E-state index contributed by atoms with van der Waals surface area (Å²) in [5, 5.41) is 37.1. The van der Waals surface area contributed by atoms with Crippen LogP contribution < -0.4 is 27.1 Å². The van der Waals surface area contributed by atoms with Crippen molar-refractivity contribution in [2.24, 2.45) is 11.5 Å². The van der Waals surface area contributed by atoms with E-state index in [0.717, 1.165) is 0 Å². The maximum Gasteiger partial charge on any atom is 0.347 e. The second-order valence-electron chi connectivity index (χ2n) is 7.26. The van der Waals surface area contributed by atoms with E-state index in [1.807, 2.05) is 0 Å². The van der Waals surface area contributed by atoms with Gasteiger partial charge in [0.25, 0.3) is 5.79 Å². The number of ether oxygens (including phenoxy) is 1. The standard InChI is InChI=1S/C17H20N6O6.CH4/c18-14-21-12-9(6-11(24)25)20-15(19)23-7-10(17(27,28)16(12,23)22-14)29-13(26)8-4-2-1-3-5-8;/h1-5,9-10,12,27-28H,6-7H2,(H6,18,19,20,21,22,24,25);1H4/p+2/t9-,10-,12-,16?;/m0./s1. The first-order valence-electron chi connectivity index (χ1n) is 8.93. The molecule has 0 aliphatic carbocycles. The van der Waals surface area contributed by atoms with E-state index in [4.69, 9.17) is 16.2 Å². The van der Waals surface area contributed by atoms with Gasteiger partial charge in [0.15, 0.2) is 12.1 Å². The van der Waals surface area contributed by atoms with Crippen LogP contribution in [0.5, 0.6) is 0 Å². The van der Waals surface area contributed by atoms with Crippen molar-refractivity contribution in [2.45, 2.75) is 43.5 Å². The van der Waals surface area contributed by atoms with Gasteiger partial charge in [-0.05, 0) is 12.1 Å². The van der Waals surface area contributed by atoms with E-state index in [-0.39, 0.29) is 37.9 Å². The van der Waals surface area contributed by atoms with Crippen molar-refractivity contribution in [2.75, 3.05) is 6.54 Å². The van der Waals surface area contributed by atoms with Gasteiger partial charge < -0.3 is 20.1 Å². The Bertz CT molecular complexity index is 932. The molecule has 1 aromatic carbocycles. The molecule has 1 fully saturated rings. The zero-order valence-electron chi connectivity index (χ0n) is 15.2. The van der Waals surface area contributed by atoms with Crippen molar-refractivity contribution < 1.29 is 39.2 Å². The second kappa shape index (κ2) is 7.15. The van der Waals surface area contributed by atoms with Gasteiger partial charge in [-0.15, -0.1) is 0 Å². The Morgan fingerprint density at radius 2 is 1.93 bits per heavy atom. The van der Waals surface area contributed by atoms with Crippen LogP contribution in [0, 0.1) is 0 Å². The highest BCUT2D eigenvalue weighted by Crippen LogP contribution is 2.39. The van der Waals surface area contributed by atoms with Gasteiger partial charge in [0, 0.05) is 0 Å². The first-order valence-corrected chi connectivity index (χ1v) is 8.93. The van der Waals surface area contributed by atoms with E-state index in [9.17, 15) is 24.9 Å². The number of benzene rings is 1. The van der Waals surface area contributed by atoms with Gasteiger partial charge in [-0.3, -0.25) is 26.6 Å². The molecular weight excluding hydrogens is 396 g/mol. The molecule has 0 amide bonds. The molecule has 30 heavy (non-hydrogen) atoms. The molecule has 0 saturated carbocycles. The van der Waals surface area contributed by atoms with Gasteiger partial charge >= 0.3 is 29.5 Å². The predicted octanol–water partition coefficient (Wildman–Crippen LogP) is -4.62. The van der Waals surface area contributed by atoms with Crippen LogP contribution in [0.2, 0.25) is 0 Å². The number of nitrogens with two attached hydrogens (primary N) is 2. The molecule has 10 N–H and O–H groups in total. The van der Waals surface area contributed by atoms with E-state index in [1.54, 1.807) is 18.2 Å². The number of carbonyl (C=O) groups is 2. The smallest absolute Gasteiger partial charge is 0.347 e. The summed E-state index contributed by atoms with van der Waals surface area (Å²) in [6.07, 6.45) is -1.77.